The smallest absolute Gasteiger partial charge is 0.140 e. The molecule has 0 radical (unpaired) electrons. The van der Waals surface area contributed by atoms with Crippen molar-refractivity contribution in [1.29, 1.82) is 0 Å². The van der Waals surface area contributed by atoms with Crippen molar-refractivity contribution in [1.82, 2.24) is 0 Å². The van der Waals surface area contributed by atoms with Gasteiger partial charge in [-0.05, 0) is 34.9 Å². The third-order valence-corrected chi connectivity index (χ3v) is 3.82. The zero-order valence-electron chi connectivity index (χ0n) is 13.3. The number of ketones is 1. The van der Waals surface area contributed by atoms with Gasteiger partial charge in [-0.25, -0.2) is 0 Å². The third-order valence-electron chi connectivity index (χ3n) is 3.82. The highest BCUT2D eigenvalue weighted by Crippen LogP contribution is 2.36. The predicted molar refractivity (Wildman–Crippen MR) is 82.2 cm³/mol. The Morgan fingerprint density at radius 3 is 2.05 bits per heavy atom. The molecule has 20 heavy (non-hydrogen) atoms. The summed E-state index contributed by atoms with van der Waals surface area (Å²) in [7, 11) is 0. The summed E-state index contributed by atoms with van der Waals surface area (Å²) in [4.78, 5) is 10.9. The summed E-state index contributed by atoms with van der Waals surface area (Å²) in [6.45, 7) is 11.4. The van der Waals surface area contributed by atoms with E-state index in [1.807, 2.05) is 12.1 Å². The molecule has 0 aliphatic heterocycles. The topological polar surface area (TPSA) is 26.3 Å². The van der Waals surface area contributed by atoms with Gasteiger partial charge in [-0.1, -0.05) is 46.8 Å². The van der Waals surface area contributed by atoms with Gasteiger partial charge < -0.3 is 4.74 Å². The first-order valence-electron chi connectivity index (χ1n) is 7.45. The van der Waals surface area contributed by atoms with Gasteiger partial charge in [-0.3, -0.25) is 4.79 Å². The van der Waals surface area contributed by atoms with E-state index in [0.29, 0.717) is 24.0 Å². The van der Waals surface area contributed by atoms with Crippen molar-refractivity contribution in [3.05, 3.63) is 29.8 Å². The molecule has 0 unspecified atom stereocenters. The first-order chi connectivity index (χ1) is 9.16. The van der Waals surface area contributed by atoms with E-state index in [4.69, 9.17) is 4.74 Å². The van der Waals surface area contributed by atoms with Crippen LogP contribution in [0.3, 0.4) is 0 Å². The molecular weight excluding hydrogens is 248 g/mol. The number of Topliss-reactive ketones (excluding diaryl/α,β-unsaturated/α-hetero) is 1. The molecule has 0 amide bonds. The van der Waals surface area contributed by atoms with Crippen molar-refractivity contribution in [3.63, 3.8) is 0 Å². The van der Waals surface area contributed by atoms with Crippen molar-refractivity contribution in [2.45, 2.75) is 65.4 Å². The molecule has 0 bridgehead atoms. The van der Waals surface area contributed by atoms with Crippen LogP contribution in [0.1, 0.15) is 59.4 Å². The number of rotatable bonds is 4. The Kier molecular flexibility index (Phi) is 3.95. The number of hydrogen-bond donors (Lipinski definition) is 0. The lowest BCUT2D eigenvalue weighted by Gasteiger charge is -2.33. The standard InChI is InChI=1S/C18H26O2/c1-17(2,3)12-18(4,5)13-6-8-15(9-7-13)20-16-10-14(19)11-16/h6-9,16H,10-12H2,1-5H3. The van der Waals surface area contributed by atoms with E-state index in [-0.39, 0.29) is 11.5 Å². The Hall–Kier alpha value is -1.31. The quantitative estimate of drug-likeness (QED) is 0.807. The monoisotopic (exact) mass is 274 g/mol. The van der Waals surface area contributed by atoms with Crippen LogP contribution >= 0.6 is 0 Å². The van der Waals surface area contributed by atoms with E-state index in [0.717, 1.165) is 12.2 Å². The maximum Gasteiger partial charge on any atom is 0.140 e. The number of carbonyl (C=O) groups excluding carboxylic acids is 1. The second-order valence-electron chi connectivity index (χ2n) is 7.83. The summed E-state index contributed by atoms with van der Waals surface area (Å²) in [5.41, 5.74) is 1.80. The van der Waals surface area contributed by atoms with Gasteiger partial charge in [-0.15, -0.1) is 0 Å². The summed E-state index contributed by atoms with van der Waals surface area (Å²) < 4.78 is 5.77. The van der Waals surface area contributed by atoms with Crippen molar-refractivity contribution in [2.75, 3.05) is 0 Å². The van der Waals surface area contributed by atoms with Gasteiger partial charge in [0.05, 0.1) is 0 Å². The summed E-state index contributed by atoms with van der Waals surface area (Å²) in [6.07, 6.45) is 2.36. The molecule has 1 aliphatic rings. The van der Waals surface area contributed by atoms with E-state index in [9.17, 15) is 4.79 Å². The van der Waals surface area contributed by atoms with Crippen LogP contribution in [0.25, 0.3) is 0 Å². The van der Waals surface area contributed by atoms with Crippen molar-refractivity contribution < 1.29 is 9.53 Å². The molecule has 110 valence electrons. The lowest BCUT2D eigenvalue weighted by molar-refractivity contribution is -0.129. The summed E-state index contributed by atoms with van der Waals surface area (Å²) in [6, 6.07) is 8.37. The molecule has 1 aromatic carbocycles. The molecule has 2 nitrogen and oxygen atoms in total. The zero-order valence-corrected chi connectivity index (χ0v) is 13.3. The Morgan fingerprint density at radius 1 is 1.05 bits per heavy atom. The van der Waals surface area contributed by atoms with E-state index < -0.39 is 0 Å². The van der Waals surface area contributed by atoms with E-state index in [2.05, 4.69) is 46.8 Å². The Morgan fingerprint density at radius 2 is 1.60 bits per heavy atom. The third kappa shape index (κ3) is 3.84. The number of hydrogen-bond acceptors (Lipinski definition) is 2. The van der Waals surface area contributed by atoms with Crippen molar-refractivity contribution in [2.24, 2.45) is 5.41 Å². The molecule has 0 spiro atoms. The Bertz CT molecular complexity index is 469. The molecule has 2 heteroatoms. The van der Waals surface area contributed by atoms with Crippen molar-refractivity contribution in [3.8, 4) is 5.75 Å². The lowest BCUT2D eigenvalue weighted by Crippen LogP contribution is -2.33. The second-order valence-corrected chi connectivity index (χ2v) is 7.83. The number of carbonyl (C=O) groups is 1. The van der Waals surface area contributed by atoms with Crippen LogP contribution in [-0.2, 0) is 10.2 Å². The van der Waals surface area contributed by atoms with Gasteiger partial charge in [-0.2, -0.15) is 0 Å². The van der Waals surface area contributed by atoms with E-state index in [1.165, 1.54) is 5.56 Å². The molecule has 1 aromatic rings. The maximum absolute atomic E-state index is 10.9. The number of benzene rings is 1. The second kappa shape index (κ2) is 5.23. The molecule has 1 saturated carbocycles. The molecule has 1 aliphatic carbocycles. The normalized spacial score (nSPS) is 16.9. The van der Waals surface area contributed by atoms with Crippen LogP contribution in [0.2, 0.25) is 0 Å². The highest BCUT2D eigenvalue weighted by molar-refractivity contribution is 5.85. The van der Waals surface area contributed by atoms with Crippen LogP contribution in [0.5, 0.6) is 5.75 Å². The first kappa shape index (κ1) is 15.1. The Balaban J connectivity index is 2.01. The minimum absolute atomic E-state index is 0.0935. The molecule has 0 aromatic heterocycles. The van der Waals surface area contributed by atoms with Gasteiger partial charge in [0, 0.05) is 12.8 Å². The lowest BCUT2D eigenvalue weighted by atomic mass is 9.72. The van der Waals surface area contributed by atoms with Gasteiger partial charge in [0.1, 0.15) is 17.6 Å². The fourth-order valence-corrected chi connectivity index (χ4v) is 3.14. The van der Waals surface area contributed by atoms with Crippen LogP contribution in [-0.4, -0.2) is 11.9 Å². The van der Waals surface area contributed by atoms with Gasteiger partial charge in [0.2, 0.25) is 0 Å². The van der Waals surface area contributed by atoms with Gasteiger partial charge in [0.25, 0.3) is 0 Å². The summed E-state index contributed by atoms with van der Waals surface area (Å²) in [5.74, 6) is 1.18. The highest BCUT2D eigenvalue weighted by atomic mass is 16.5. The summed E-state index contributed by atoms with van der Waals surface area (Å²) in [5, 5.41) is 0. The molecule has 0 saturated heterocycles. The minimum atomic E-state index is 0.0935. The highest BCUT2D eigenvalue weighted by Gasteiger charge is 2.29. The minimum Gasteiger partial charge on any atom is -0.490 e. The largest absolute Gasteiger partial charge is 0.490 e. The molecular formula is C18H26O2. The van der Waals surface area contributed by atoms with Crippen molar-refractivity contribution >= 4 is 5.78 Å². The average Bonchev–Trinajstić information content (AvgIpc) is 2.24. The molecule has 1 fully saturated rings. The maximum atomic E-state index is 10.9. The van der Waals surface area contributed by atoms with E-state index >= 15 is 0 Å². The van der Waals surface area contributed by atoms with Crippen LogP contribution in [0, 0.1) is 5.41 Å². The first-order valence-corrected chi connectivity index (χ1v) is 7.45. The molecule has 0 N–H and O–H groups in total. The van der Waals surface area contributed by atoms with Gasteiger partial charge >= 0.3 is 0 Å². The Labute approximate surface area is 122 Å². The molecule has 0 heterocycles. The van der Waals surface area contributed by atoms with E-state index in [1.54, 1.807) is 0 Å². The number of ether oxygens (including phenoxy) is 1. The SMILES string of the molecule is CC(C)(C)CC(C)(C)c1ccc(OC2CC(=O)C2)cc1. The van der Waals surface area contributed by atoms with Crippen LogP contribution < -0.4 is 4.74 Å². The predicted octanol–water partition coefficient (Wildman–Crippen LogP) is 4.51. The van der Waals surface area contributed by atoms with Crippen LogP contribution in [0.15, 0.2) is 24.3 Å². The van der Waals surface area contributed by atoms with Gasteiger partial charge in [0.15, 0.2) is 0 Å². The summed E-state index contributed by atoms with van der Waals surface area (Å²) >= 11 is 0. The van der Waals surface area contributed by atoms with Crippen LogP contribution in [0.4, 0.5) is 0 Å². The zero-order chi connectivity index (χ0) is 15.0. The fourth-order valence-electron chi connectivity index (χ4n) is 3.14. The fraction of sp³-hybridized carbons (Fsp3) is 0.611. The molecule has 2 rings (SSSR count). The molecule has 0 atom stereocenters. The average molecular weight is 274 g/mol.